The molecule has 0 radical (unpaired) electrons. The maximum Gasteiger partial charge on any atom is 0.405 e. The van der Waals surface area contributed by atoms with Crippen LogP contribution >= 0.6 is 11.3 Å². The van der Waals surface area contributed by atoms with Gasteiger partial charge in [0.25, 0.3) is 0 Å². The van der Waals surface area contributed by atoms with Crippen LogP contribution in [0.2, 0.25) is 0 Å². The molecule has 1 aliphatic rings. The molecule has 58 heavy (non-hydrogen) atoms. The molecular formula is C44H57N7O6S. The summed E-state index contributed by atoms with van der Waals surface area (Å²) in [4.78, 5) is 66.1. The van der Waals surface area contributed by atoms with E-state index >= 15 is 0 Å². The van der Waals surface area contributed by atoms with Crippen LogP contribution in [0.5, 0.6) is 0 Å². The molecule has 0 aliphatic carbocycles. The first-order valence-electron chi connectivity index (χ1n) is 19.7. The van der Waals surface area contributed by atoms with Crippen LogP contribution in [0.25, 0.3) is 11.1 Å². The van der Waals surface area contributed by atoms with Gasteiger partial charge in [-0.05, 0) is 65.3 Å². The highest BCUT2D eigenvalue weighted by Crippen LogP contribution is 2.30. The van der Waals surface area contributed by atoms with Crippen molar-refractivity contribution in [1.29, 1.82) is 0 Å². The van der Waals surface area contributed by atoms with Gasteiger partial charge in [-0.3, -0.25) is 14.6 Å². The van der Waals surface area contributed by atoms with Gasteiger partial charge in [-0.25, -0.2) is 14.6 Å². The van der Waals surface area contributed by atoms with Crippen molar-refractivity contribution in [2.24, 2.45) is 10.8 Å². The van der Waals surface area contributed by atoms with E-state index in [2.05, 4.69) is 25.9 Å². The fraction of sp³-hybridized carbons (Fsp3) is 0.455. The van der Waals surface area contributed by atoms with E-state index in [-0.39, 0.29) is 24.8 Å². The largest absolute Gasteiger partial charge is 0.465 e. The van der Waals surface area contributed by atoms with Gasteiger partial charge >= 0.3 is 12.1 Å². The van der Waals surface area contributed by atoms with Crippen molar-refractivity contribution in [3.63, 3.8) is 0 Å². The number of aryl methyl sites for hydroxylation is 1. The first-order valence-corrected chi connectivity index (χ1v) is 20.5. The van der Waals surface area contributed by atoms with Gasteiger partial charge < -0.3 is 36.0 Å². The van der Waals surface area contributed by atoms with Gasteiger partial charge in [0.1, 0.15) is 12.1 Å². The number of hydrogen-bond acceptors (Lipinski definition) is 8. The third-order valence-corrected chi connectivity index (χ3v) is 11.1. The monoisotopic (exact) mass is 811 g/mol. The SMILES string of the molecule is Cc1nc(CN2CCN([C@H](C(=O)N[C@@H](Cc3ccccc3)C[C@@H](O)[C@H](Cc3ccc(-c4cccnc4)cc3)NC(=O)[C@@H](NC(=O)O)C(C)(C)C)C(C)(C)C)C2=O)cs1. The molecule has 0 spiro atoms. The Balaban J connectivity index is 1.41. The van der Waals surface area contributed by atoms with E-state index < -0.39 is 53.1 Å². The summed E-state index contributed by atoms with van der Waals surface area (Å²) in [5.74, 6) is -0.919. The Morgan fingerprint density at radius 3 is 2.10 bits per heavy atom. The number of aliphatic hydroxyl groups is 1. The van der Waals surface area contributed by atoms with Crippen LogP contribution in [0.4, 0.5) is 9.59 Å². The summed E-state index contributed by atoms with van der Waals surface area (Å²) in [7, 11) is 0. The van der Waals surface area contributed by atoms with E-state index in [4.69, 9.17) is 0 Å². The Bertz CT molecular complexity index is 2000. The van der Waals surface area contributed by atoms with E-state index in [0.29, 0.717) is 26.1 Å². The molecule has 13 nitrogen and oxygen atoms in total. The number of rotatable bonds is 16. The van der Waals surface area contributed by atoms with Crippen molar-refractivity contribution in [1.82, 2.24) is 35.7 Å². The quantitative estimate of drug-likeness (QED) is 0.0908. The van der Waals surface area contributed by atoms with Gasteiger partial charge in [-0.1, -0.05) is 102 Å². The summed E-state index contributed by atoms with van der Waals surface area (Å²) in [6.45, 7) is 14.2. The first kappa shape index (κ1) is 43.8. The van der Waals surface area contributed by atoms with Gasteiger partial charge in [-0.2, -0.15) is 0 Å². The molecule has 3 heterocycles. The molecule has 2 aromatic carbocycles. The average Bonchev–Trinajstić information content (AvgIpc) is 3.73. The Labute approximate surface area is 345 Å². The molecular weight excluding hydrogens is 755 g/mol. The summed E-state index contributed by atoms with van der Waals surface area (Å²) in [6.07, 6.45) is 1.60. The van der Waals surface area contributed by atoms with Gasteiger partial charge in [0, 0.05) is 36.9 Å². The fourth-order valence-electron chi connectivity index (χ4n) is 7.46. The number of carbonyl (C=O) groups excluding carboxylic acids is 3. The lowest BCUT2D eigenvalue weighted by molar-refractivity contribution is -0.130. The number of carboxylic acid groups (broad SMARTS) is 1. The Kier molecular flexibility index (Phi) is 14.3. The number of urea groups is 1. The molecule has 0 unspecified atom stereocenters. The van der Waals surface area contributed by atoms with Crippen molar-refractivity contribution >= 4 is 35.3 Å². The lowest BCUT2D eigenvalue weighted by Crippen LogP contribution is -2.59. The summed E-state index contributed by atoms with van der Waals surface area (Å²) in [5, 5.41) is 33.1. The minimum Gasteiger partial charge on any atom is -0.465 e. The Morgan fingerprint density at radius 2 is 1.52 bits per heavy atom. The molecule has 310 valence electrons. The molecule has 5 amide bonds. The number of nitrogens with one attached hydrogen (secondary N) is 3. The highest BCUT2D eigenvalue weighted by atomic mass is 32.1. The van der Waals surface area contributed by atoms with E-state index in [9.17, 15) is 29.4 Å². The summed E-state index contributed by atoms with van der Waals surface area (Å²) < 4.78 is 0. The van der Waals surface area contributed by atoms with Crippen molar-refractivity contribution < 1.29 is 29.4 Å². The number of hydrogen-bond donors (Lipinski definition) is 5. The van der Waals surface area contributed by atoms with Crippen molar-refractivity contribution in [3.05, 3.63) is 106 Å². The number of thiazole rings is 1. The zero-order chi connectivity index (χ0) is 42.2. The van der Waals surface area contributed by atoms with E-state index in [1.165, 1.54) is 11.3 Å². The zero-order valence-electron chi connectivity index (χ0n) is 34.4. The number of aromatic nitrogens is 2. The minimum absolute atomic E-state index is 0.0476. The maximum atomic E-state index is 14.5. The molecule has 5 rings (SSSR count). The molecule has 5 atom stereocenters. The normalized spacial score (nSPS) is 16.0. The van der Waals surface area contributed by atoms with Crippen LogP contribution in [0, 0.1) is 17.8 Å². The second-order valence-corrected chi connectivity index (χ2v) is 18.3. The number of carbonyl (C=O) groups is 4. The maximum absolute atomic E-state index is 14.5. The minimum atomic E-state index is -1.34. The van der Waals surface area contributed by atoms with Crippen molar-refractivity contribution in [2.75, 3.05) is 13.1 Å². The first-order chi connectivity index (χ1) is 27.4. The van der Waals surface area contributed by atoms with Crippen LogP contribution < -0.4 is 16.0 Å². The molecule has 1 fully saturated rings. The topological polar surface area (TPSA) is 177 Å². The second-order valence-electron chi connectivity index (χ2n) is 17.2. The molecule has 4 aromatic rings. The fourth-order valence-corrected chi connectivity index (χ4v) is 8.07. The lowest BCUT2D eigenvalue weighted by atomic mass is 9.84. The Hall–Kier alpha value is -5.34. The lowest BCUT2D eigenvalue weighted by Gasteiger charge is -2.38. The molecule has 0 bridgehead atoms. The predicted molar refractivity (Wildman–Crippen MR) is 225 cm³/mol. The van der Waals surface area contributed by atoms with Crippen LogP contribution in [-0.2, 0) is 29.0 Å². The molecule has 1 aliphatic heterocycles. The van der Waals surface area contributed by atoms with Gasteiger partial charge in [0.2, 0.25) is 11.8 Å². The number of benzene rings is 2. The van der Waals surface area contributed by atoms with Crippen molar-refractivity contribution in [2.45, 2.75) is 105 Å². The zero-order valence-corrected chi connectivity index (χ0v) is 35.3. The van der Waals surface area contributed by atoms with Crippen LogP contribution in [0.1, 0.15) is 69.8 Å². The summed E-state index contributed by atoms with van der Waals surface area (Å²) >= 11 is 1.53. The smallest absolute Gasteiger partial charge is 0.405 e. The third-order valence-electron chi connectivity index (χ3n) is 10.3. The second kappa shape index (κ2) is 18.9. The molecule has 0 saturated carbocycles. The Morgan fingerprint density at radius 1 is 0.828 bits per heavy atom. The third kappa shape index (κ3) is 11.9. The molecule has 5 N–H and O–H groups in total. The van der Waals surface area contributed by atoms with Crippen LogP contribution in [0.15, 0.2) is 84.5 Å². The van der Waals surface area contributed by atoms with E-state index in [0.717, 1.165) is 33.0 Å². The number of amides is 5. The summed E-state index contributed by atoms with van der Waals surface area (Å²) in [5.41, 5.74) is 3.05. The van der Waals surface area contributed by atoms with Gasteiger partial charge in [0.15, 0.2) is 0 Å². The molecule has 2 aromatic heterocycles. The number of aliphatic hydroxyl groups excluding tert-OH is 1. The number of nitrogens with zero attached hydrogens (tertiary/aromatic N) is 4. The van der Waals surface area contributed by atoms with E-state index in [1.54, 1.807) is 43.0 Å². The predicted octanol–water partition coefficient (Wildman–Crippen LogP) is 6.05. The van der Waals surface area contributed by atoms with Crippen molar-refractivity contribution in [3.8, 4) is 11.1 Å². The summed E-state index contributed by atoms with van der Waals surface area (Å²) in [6, 6.07) is 17.5. The number of pyridine rings is 1. The van der Waals surface area contributed by atoms with Crippen LogP contribution in [-0.4, -0.2) is 97.3 Å². The van der Waals surface area contributed by atoms with E-state index in [1.807, 2.05) is 99.8 Å². The molecule has 14 heteroatoms. The average molecular weight is 812 g/mol. The van der Waals surface area contributed by atoms with Gasteiger partial charge in [0.05, 0.1) is 29.4 Å². The van der Waals surface area contributed by atoms with Gasteiger partial charge in [-0.15, -0.1) is 11.3 Å². The standard InChI is InChI=1S/C44H57N7O6S/c1-28-46-34(27-58-28)26-50-20-21-51(42(50)57)38(44(5,6)7)40(54)47-33(22-29-12-9-8-10-13-29)24-36(52)35(48-39(53)37(43(2,3)4)49-41(55)56)23-30-15-17-31(18-16-30)32-14-11-19-45-25-32/h8-19,25,27,33,35-38,49,52H,20-24,26H2,1-7H3,(H,47,54)(H,48,53)(H,55,56)/t33-,35-,36+,37+,38+/m0/s1. The molecule has 1 saturated heterocycles. The highest BCUT2D eigenvalue weighted by molar-refractivity contribution is 7.09. The van der Waals surface area contributed by atoms with Crippen LogP contribution in [0.3, 0.4) is 0 Å². The highest BCUT2D eigenvalue weighted by Gasteiger charge is 2.44.